The molecule has 0 saturated carbocycles. The molecule has 6 heteroatoms. The van der Waals surface area contributed by atoms with Gasteiger partial charge in [-0.05, 0) is 29.8 Å². The molecule has 2 aromatic heterocycles. The predicted molar refractivity (Wildman–Crippen MR) is 69.5 cm³/mol. The Morgan fingerprint density at radius 2 is 1.65 bits per heavy atom. The van der Waals surface area contributed by atoms with E-state index in [4.69, 9.17) is 10.3 Å². The molecule has 0 amide bonds. The molecule has 0 saturated heterocycles. The number of aromatic nitrogens is 2. The van der Waals surface area contributed by atoms with E-state index in [-0.39, 0.29) is 11.6 Å². The molecular weight excluding hydrogens is 264 g/mol. The van der Waals surface area contributed by atoms with Gasteiger partial charge in [-0.2, -0.15) is 0 Å². The van der Waals surface area contributed by atoms with E-state index in [0.717, 1.165) is 6.20 Å². The summed E-state index contributed by atoms with van der Waals surface area (Å²) in [6.07, 6.45) is 1.07. The Balaban J connectivity index is 2.14. The van der Waals surface area contributed by atoms with Crippen LogP contribution in [0.25, 0.3) is 22.6 Å². The third-order valence-electron chi connectivity index (χ3n) is 2.81. The third kappa shape index (κ3) is 2.11. The summed E-state index contributed by atoms with van der Waals surface area (Å²) in [5.74, 6) is -0.332. The van der Waals surface area contributed by atoms with Gasteiger partial charge in [-0.15, -0.1) is 0 Å². The number of anilines is 1. The van der Waals surface area contributed by atoms with Gasteiger partial charge in [0, 0.05) is 0 Å². The normalized spacial score (nSPS) is 10.7. The maximum Gasteiger partial charge on any atom is 0.195 e. The minimum absolute atomic E-state index is 0.165. The topological polar surface area (TPSA) is 64.9 Å². The standard InChI is InChI=1S/C14H9F2N3O/c15-9-3-1-8(2-4-9)12-13(20-19-14(12)17)11-6-5-10(16)7-18-11/h1-7H,(H2,17,19). The fourth-order valence-corrected chi connectivity index (χ4v) is 1.88. The van der Waals surface area contributed by atoms with E-state index in [2.05, 4.69) is 10.1 Å². The summed E-state index contributed by atoms with van der Waals surface area (Å²) in [6, 6.07) is 8.46. The Labute approximate surface area is 112 Å². The number of benzene rings is 1. The monoisotopic (exact) mass is 273 g/mol. The summed E-state index contributed by atoms with van der Waals surface area (Å²) >= 11 is 0. The lowest BCUT2D eigenvalue weighted by Gasteiger charge is -2.02. The highest BCUT2D eigenvalue weighted by Gasteiger charge is 2.18. The lowest BCUT2D eigenvalue weighted by atomic mass is 10.0. The Kier molecular flexibility index (Phi) is 2.90. The molecule has 0 aliphatic heterocycles. The molecule has 0 unspecified atom stereocenters. The first-order valence-corrected chi connectivity index (χ1v) is 5.78. The third-order valence-corrected chi connectivity index (χ3v) is 2.81. The van der Waals surface area contributed by atoms with E-state index in [1.807, 2.05) is 0 Å². The van der Waals surface area contributed by atoms with Crippen LogP contribution in [-0.4, -0.2) is 10.1 Å². The molecule has 20 heavy (non-hydrogen) atoms. The number of hydrogen-bond acceptors (Lipinski definition) is 4. The minimum atomic E-state index is -0.454. The second-order valence-corrected chi connectivity index (χ2v) is 4.14. The summed E-state index contributed by atoms with van der Waals surface area (Å²) < 4.78 is 31.0. The van der Waals surface area contributed by atoms with Crippen molar-refractivity contribution in [2.45, 2.75) is 0 Å². The second-order valence-electron chi connectivity index (χ2n) is 4.14. The average Bonchev–Trinajstić information content (AvgIpc) is 2.83. The van der Waals surface area contributed by atoms with Crippen molar-refractivity contribution in [1.29, 1.82) is 0 Å². The first kappa shape index (κ1) is 12.3. The molecule has 0 atom stereocenters. The first-order valence-electron chi connectivity index (χ1n) is 5.78. The van der Waals surface area contributed by atoms with Crippen LogP contribution in [-0.2, 0) is 0 Å². The van der Waals surface area contributed by atoms with Gasteiger partial charge in [-0.25, -0.2) is 13.8 Å². The molecule has 2 N–H and O–H groups in total. The lowest BCUT2D eigenvalue weighted by molar-refractivity contribution is 0.434. The molecular formula is C14H9F2N3O. The van der Waals surface area contributed by atoms with Crippen molar-refractivity contribution < 1.29 is 13.3 Å². The summed E-state index contributed by atoms with van der Waals surface area (Å²) in [7, 11) is 0. The molecule has 0 bridgehead atoms. The van der Waals surface area contributed by atoms with E-state index in [9.17, 15) is 8.78 Å². The maximum atomic E-state index is 13.0. The fraction of sp³-hybridized carbons (Fsp3) is 0. The lowest BCUT2D eigenvalue weighted by Crippen LogP contribution is -1.90. The average molecular weight is 273 g/mol. The SMILES string of the molecule is Nc1noc(-c2ccc(F)cn2)c1-c1ccc(F)cc1. The van der Waals surface area contributed by atoms with Gasteiger partial charge in [-0.3, -0.25) is 0 Å². The molecule has 0 aliphatic rings. The number of nitrogens with two attached hydrogens (primary N) is 1. The number of nitrogen functional groups attached to an aromatic ring is 1. The second kappa shape index (κ2) is 4.73. The summed E-state index contributed by atoms with van der Waals surface area (Å²) in [4.78, 5) is 3.93. The highest BCUT2D eigenvalue weighted by Crippen LogP contribution is 2.35. The van der Waals surface area contributed by atoms with E-state index in [1.54, 1.807) is 12.1 Å². The van der Waals surface area contributed by atoms with Crippen molar-refractivity contribution in [3.05, 3.63) is 54.2 Å². The number of nitrogens with zero attached hydrogens (tertiary/aromatic N) is 2. The highest BCUT2D eigenvalue weighted by atomic mass is 19.1. The summed E-state index contributed by atoms with van der Waals surface area (Å²) in [5, 5.41) is 3.69. The van der Waals surface area contributed by atoms with Crippen LogP contribution in [0.15, 0.2) is 47.1 Å². The van der Waals surface area contributed by atoms with E-state index < -0.39 is 5.82 Å². The number of halogens is 2. The van der Waals surface area contributed by atoms with Crippen LogP contribution in [0.1, 0.15) is 0 Å². The zero-order valence-electron chi connectivity index (χ0n) is 10.2. The van der Waals surface area contributed by atoms with Gasteiger partial charge in [0.05, 0.1) is 11.8 Å². The molecule has 0 spiro atoms. The number of rotatable bonds is 2. The maximum absolute atomic E-state index is 13.0. The van der Waals surface area contributed by atoms with Gasteiger partial charge >= 0.3 is 0 Å². The van der Waals surface area contributed by atoms with Gasteiger partial charge in [0.2, 0.25) is 0 Å². The van der Waals surface area contributed by atoms with Gasteiger partial charge in [0.1, 0.15) is 17.3 Å². The van der Waals surface area contributed by atoms with Crippen LogP contribution >= 0.6 is 0 Å². The molecule has 100 valence electrons. The Morgan fingerprint density at radius 3 is 2.30 bits per heavy atom. The van der Waals surface area contributed by atoms with Gasteiger partial charge in [0.25, 0.3) is 0 Å². The summed E-state index contributed by atoms with van der Waals surface area (Å²) in [5.41, 5.74) is 7.32. The zero-order valence-corrected chi connectivity index (χ0v) is 10.2. The van der Waals surface area contributed by atoms with E-state index >= 15 is 0 Å². The predicted octanol–water partition coefficient (Wildman–Crippen LogP) is 3.26. The Bertz CT molecular complexity index is 736. The van der Waals surface area contributed by atoms with Crippen LogP contribution in [0.4, 0.5) is 14.6 Å². The van der Waals surface area contributed by atoms with Gasteiger partial charge < -0.3 is 10.3 Å². The van der Waals surface area contributed by atoms with Crippen LogP contribution < -0.4 is 5.73 Å². The van der Waals surface area contributed by atoms with E-state index in [1.165, 1.54) is 24.3 Å². The van der Waals surface area contributed by atoms with Crippen molar-refractivity contribution in [2.24, 2.45) is 0 Å². The molecule has 3 aromatic rings. The Morgan fingerprint density at radius 1 is 0.950 bits per heavy atom. The van der Waals surface area contributed by atoms with Crippen molar-refractivity contribution in [2.75, 3.05) is 5.73 Å². The molecule has 1 aromatic carbocycles. The van der Waals surface area contributed by atoms with Crippen LogP contribution in [0.2, 0.25) is 0 Å². The van der Waals surface area contributed by atoms with Crippen molar-refractivity contribution in [3.8, 4) is 22.6 Å². The fourth-order valence-electron chi connectivity index (χ4n) is 1.88. The molecule has 4 nitrogen and oxygen atoms in total. The van der Waals surface area contributed by atoms with Crippen molar-refractivity contribution in [1.82, 2.24) is 10.1 Å². The smallest absolute Gasteiger partial charge is 0.195 e. The largest absolute Gasteiger partial charge is 0.380 e. The number of hydrogen-bond donors (Lipinski definition) is 1. The van der Waals surface area contributed by atoms with Gasteiger partial charge in [-0.1, -0.05) is 17.3 Å². The molecule has 2 heterocycles. The quantitative estimate of drug-likeness (QED) is 0.778. The van der Waals surface area contributed by atoms with E-state index in [0.29, 0.717) is 22.6 Å². The Hall–Kier alpha value is -2.76. The van der Waals surface area contributed by atoms with Crippen LogP contribution in [0.5, 0.6) is 0 Å². The zero-order chi connectivity index (χ0) is 14.1. The van der Waals surface area contributed by atoms with Crippen LogP contribution in [0, 0.1) is 11.6 Å². The highest BCUT2D eigenvalue weighted by molar-refractivity contribution is 5.85. The number of pyridine rings is 1. The first-order chi connectivity index (χ1) is 9.65. The molecule has 0 radical (unpaired) electrons. The molecule has 3 rings (SSSR count). The van der Waals surface area contributed by atoms with Crippen LogP contribution in [0.3, 0.4) is 0 Å². The minimum Gasteiger partial charge on any atom is -0.380 e. The van der Waals surface area contributed by atoms with Crippen molar-refractivity contribution >= 4 is 5.82 Å². The molecule has 0 fully saturated rings. The van der Waals surface area contributed by atoms with Gasteiger partial charge in [0.15, 0.2) is 11.6 Å². The van der Waals surface area contributed by atoms with Crippen molar-refractivity contribution in [3.63, 3.8) is 0 Å². The molecule has 0 aliphatic carbocycles. The summed E-state index contributed by atoms with van der Waals surface area (Å²) in [6.45, 7) is 0.